The van der Waals surface area contributed by atoms with Crippen molar-refractivity contribution in [2.24, 2.45) is 0 Å². The molecule has 4 N–H and O–H groups in total. The summed E-state index contributed by atoms with van der Waals surface area (Å²) >= 11 is 0. The predicted octanol–water partition coefficient (Wildman–Crippen LogP) is 2.65. The number of para-hydroxylation sites is 1. The number of ether oxygens (including phenoxy) is 1. The van der Waals surface area contributed by atoms with Gasteiger partial charge in [0.2, 0.25) is 0 Å². The molecule has 9 heteroatoms. The molecule has 37 heavy (non-hydrogen) atoms. The monoisotopic (exact) mass is 493 g/mol. The van der Waals surface area contributed by atoms with Crippen LogP contribution in [-0.4, -0.2) is 34.6 Å². The molecule has 2 aromatic heterocycles. The van der Waals surface area contributed by atoms with E-state index >= 15 is 0 Å². The van der Waals surface area contributed by atoms with Crippen molar-refractivity contribution in [1.29, 1.82) is 0 Å². The van der Waals surface area contributed by atoms with Crippen molar-refractivity contribution in [2.45, 2.75) is 44.7 Å². The molecule has 0 bridgehead atoms. The largest absolute Gasteiger partial charge is 0.458 e. The Bertz CT molecular complexity index is 1570. The third kappa shape index (κ3) is 4.96. The lowest BCUT2D eigenvalue weighted by Crippen LogP contribution is -2.37. The molecule has 0 spiro atoms. The average molecular weight is 493 g/mol. The fourth-order valence-electron chi connectivity index (χ4n) is 5.08. The zero-order chi connectivity index (χ0) is 25.9. The van der Waals surface area contributed by atoms with Crippen molar-refractivity contribution >= 4 is 35.9 Å². The molecule has 5 rings (SSSR count). The van der Waals surface area contributed by atoms with Gasteiger partial charge in [0.25, 0.3) is 11.5 Å². The molecule has 2 heterocycles. The standard InChI is InChI=1S/C28H28BN5O3/c1-2-5-24(35)31-18-10-12-19(13-11-18)34-16-21(25-26(34)28(36)33-32-27(25)30)17-8-14-20(15-9-17)37-23-7-4-3-6-22(23)29/h3-4,6-9,14-16,18-19H,10-13,29H2,1H3,(H2,30,32)(H,31,35)(H,33,36)/t18-,19-. The first-order valence-electron chi connectivity index (χ1n) is 12.4. The van der Waals surface area contributed by atoms with E-state index < -0.39 is 0 Å². The van der Waals surface area contributed by atoms with Gasteiger partial charge >= 0.3 is 0 Å². The summed E-state index contributed by atoms with van der Waals surface area (Å²) in [5.41, 5.74) is 9.35. The van der Waals surface area contributed by atoms with E-state index in [4.69, 9.17) is 10.5 Å². The number of nitrogens with zero attached hydrogens (tertiary/aromatic N) is 2. The third-order valence-corrected chi connectivity index (χ3v) is 6.93. The molecule has 186 valence electrons. The highest BCUT2D eigenvalue weighted by atomic mass is 16.5. The van der Waals surface area contributed by atoms with Crippen LogP contribution in [0.1, 0.15) is 38.6 Å². The van der Waals surface area contributed by atoms with Crippen molar-refractivity contribution < 1.29 is 9.53 Å². The Balaban J connectivity index is 1.44. The van der Waals surface area contributed by atoms with Crippen LogP contribution in [0.5, 0.6) is 11.5 Å². The van der Waals surface area contributed by atoms with E-state index in [1.807, 2.05) is 67.1 Å². The zero-order valence-corrected chi connectivity index (χ0v) is 20.9. The molecule has 1 saturated carbocycles. The maximum Gasteiger partial charge on any atom is 0.296 e. The Morgan fingerprint density at radius 2 is 1.89 bits per heavy atom. The number of benzene rings is 2. The number of nitrogens with two attached hydrogens (primary N) is 1. The molecule has 0 atom stereocenters. The van der Waals surface area contributed by atoms with Gasteiger partial charge in [-0.2, -0.15) is 5.10 Å². The number of aromatic amines is 1. The molecule has 1 aliphatic carbocycles. The number of amides is 1. The maximum absolute atomic E-state index is 12.9. The summed E-state index contributed by atoms with van der Waals surface area (Å²) in [6.45, 7) is 1.65. The number of fused-ring (bicyclic) bond motifs is 1. The van der Waals surface area contributed by atoms with Gasteiger partial charge in [0.1, 0.15) is 24.9 Å². The molecular weight excluding hydrogens is 465 g/mol. The summed E-state index contributed by atoms with van der Waals surface area (Å²) in [5, 5.41) is 10.2. The molecular formula is C28H28BN5O3. The third-order valence-electron chi connectivity index (χ3n) is 6.93. The van der Waals surface area contributed by atoms with Crippen LogP contribution >= 0.6 is 0 Å². The number of nitrogen functional groups attached to an aromatic ring is 1. The van der Waals surface area contributed by atoms with Crippen molar-refractivity contribution in [3.8, 4) is 34.5 Å². The first-order chi connectivity index (χ1) is 17.9. The van der Waals surface area contributed by atoms with E-state index in [0.717, 1.165) is 53.8 Å². The quantitative estimate of drug-likeness (QED) is 0.292. The smallest absolute Gasteiger partial charge is 0.296 e. The zero-order valence-electron chi connectivity index (χ0n) is 20.9. The second kappa shape index (κ2) is 10.3. The van der Waals surface area contributed by atoms with Gasteiger partial charge in [-0.1, -0.05) is 36.3 Å². The molecule has 0 aliphatic heterocycles. The van der Waals surface area contributed by atoms with E-state index in [1.54, 1.807) is 6.92 Å². The molecule has 1 amide bonds. The lowest BCUT2D eigenvalue weighted by Gasteiger charge is -2.30. The van der Waals surface area contributed by atoms with E-state index in [9.17, 15) is 9.59 Å². The highest BCUT2D eigenvalue weighted by Crippen LogP contribution is 2.38. The molecule has 1 aliphatic rings. The number of carbonyl (C=O) groups excluding carboxylic acids is 1. The van der Waals surface area contributed by atoms with Gasteiger partial charge in [0, 0.05) is 23.8 Å². The summed E-state index contributed by atoms with van der Waals surface area (Å²) < 4.78 is 8.08. The number of carbonyl (C=O) groups is 1. The molecule has 0 unspecified atom stereocenters. The molecule has 8 nitrogen and oxygen atoms in total. The first-order valence-corrected chi connectivity index (χ1v) is 12.4. The molecule has 2 aromatic carbocycles. The van der Waals surface area contributed by atoms with Crippen molar-refractivity contribution in [3.05, 3.63) is 65.1 Å². The Hall–Kier alpha value is -4.45. The summed E-state index contributed by atoms with van der Waals surface area (Å²) in [5.74, 6) is 6.73. The SMILES string of the molecule is Bc1ccccc1Oc1ccc(-c2cn([C@H]3CC[C@H](NC(=O)C#CC)CC3)c3c(=O)[nH]nc(N)c23)cc1. The van der Waals surface area contributed by atoms with Crippen LogP contribution in [0.15, 0.2) is 59.5 Å². The minimum absolute atomic E-state index is 0.0803. The number of anilines is 1. The van der Waals surface area contributed by atoms with Gasteiger partial charge in [0.05, 0.1) is 5.39 Å². The second-order valence-corrected chi connectivity index (χ2v) is 9.36. The number of H-pyrrole nitrogens is 1. The summed E-state index contributed by atoms with van der Waals surface area (Å²) in [7, 11) is 2.01. The minimum atomic E-state index is -0.274. The van der Waals surface area contributed by atoms with Gasteiger partial charge in [-0.3, -0.25) is 9.59 Å². The van der Waals surface area contributed by atoms with Gasteiger partial charge < -0.3 is 20.4 Å². The Morgan fingerprint density at radius 1 is 1.16 bits per heavy atom. The Labute approximate surface area is 215 Å². The van der Waals surface area contributed by atoms with Gasteiger partial charge in [-0.15, -0.1) is 0 Å². The number of hydrogen-bond donors (Lipinski definition) is 3. The number of aromatic nitrogens is 3. The maximum atomic E-state index is 12.9. The van der Waals surface area contributed by atoms with E-state index in [-0.39, 0.29) is 29.4 Å². The number of hydrogen-bond acceptors (Lipinski definition) is 5. The Kier molecular flexibility index (Phi) is 6.73. The molecule has 0 radical (unpaired) electrons. The number of nitrogens with one attached hydrogen (secondary N) is 2. The molecule has 4 aromatic rings. The van der Waals surface area contributed by atoms with Gasteiger partial charge in [0.15, 0.2) is 5.82 Å². The summed E-state index contributed by atoms with van der Waals surface area (Å²) in [6.07, 6.45) is 5.25. The first kappa shape index (κ1) is 24.3. The summed E-state index contributed by atoms with van der Waals surface area (Å²) in [4.78, 5) is 24.8. The van der Waals surface area contributed by atoms with Crippen LogP contribution in [0.3, 0.4) is 0 Å². The van der Waals surface area contributed by atoms with Crippen LogP contribution < -0.4 is 26.8 Å². The highest BCUT2D eigenvalue weighted by Gasteiger charge is 2.27. The minimum Gasteiger partial charge on any atom is -0.458 e. The highest BCUT2D eigenvalue weighted by molar-refractivity contribution is 6.34. The Morgan fingerprint density at radius 3 is 2.59 bits per heavy atom. The lowest BCUT2D eigenvalue weighted by molar-refractivity contribution is -0.116. The van der Waals surface area contributed by atoms with Crippen LogP contribution in [0, 0.1) is 11.8 Å². The topological polar surface area (TPSA) is 115 Å². The van der Waals surface area contributed by atoms with Crippen molar-refractivity contribution in [2.75, 3.05) is 5.73 Å². The normalized spacial score (nSPS) is 17.1. The van der Waals surface area contributed by atoms with Crippen LogP contribution in [0.25, 0.3) is 22.0 Å². The van der Waals surface area contributed by atoms with Crippen LogP contribution in [0.2, 0.25) is 0 Å². The van der Waals surface area contributed by atoms with E-state index in [0.29, 0.717) is 10.9 Å². The van der Waals surface area contributed by atoms with Crippen LogP contribution in [0.4, 0.5) is 5.82 Å². The molecule has 1 fully saturated rings. The number of rotatable bonds is 5. The lowest BCUT2D eigenvalue weighted by atomic mass is 9.91. The van der Waals surface area contributed by atoms with Crippen molar-refractivity contribution in [3.63, 3.8) is 0 Å². The summed E-state index contributed by atoms with van der Waals surface area (Å²) in [6, 6.07) is 15.8. The van der Waals surface area contributed by atoms with Gasteiger partial charge in [-0.05, 0) is 67.8 Å². The van der Waals surface area contributed by atoms with Crippen molar-refractivity contribution in [1.82, 2.24) is 20.1 Å². The fourth-order valence-corrected chi connectivity index (χ4v) is 5.08. The van der Waals surface area contributed by atoms with Crippen LogP contribution in [-0.2, 0) is 4.79 Å². The molecule has 0 saturated heterocycles. The van der Waals surface area contributed by atoms with E-state index in [2.05, 4.69) is 27.4 Å². The second-order valence-electron chi connectivity index (χ2n) is 9.36. The average Bonchev–Trinajstić information content (AvgIpc) is 3.31. The van der Waals surface area contributed by atoms with Gasteiger partial charge in [-0.25, -0.2) is 5.10 Å². The predicted molar refractivity (Wildman–Crippen MR) is 148 cm³/mol. The van der Waals surface area contributed by atoms with E-state index in [1.165, 1.54) is 0 Å². The fraction of sp³-hybridized carbons (Fsp3) is 0.250.